The molecule has 0 saturated heterocycles. The molecular weight excluding hydrogens is 399 g/mol. The lowest BCUT2D eigenvalue weighted by Crippen LogP contribution is -2.13. The largest absolute Gasteiger partial charge is 0.497 e. The SMILES string of the molecule is COc1ccc(NC(=O)c2ccc(NC(=O)c3ccc(Cl)c(Cl)c3)cc2)cc1. The van der Waals surface area contributed by atoms with Gasteiger partial charge in [-0.2, -0.15) is 0 Å². The summed E-state index contributed by atoms with van der Waals surface area (Å²) in [5, 5.41) is 6.23. The highest BCUT2D eigenvalue weighted by Gasteiger charge is 2.10. The minimum atomic E-state index is -0.325. The number of benzene rings is 3. The number of carbonyl (C=O) groups excluding carboxylic acids is 2. The molecule has 0 saturated carbocycles. The number of halogens is 2. The molecule has 0 heterocycles. The lowest BCUT2D eigenvalue weighted by atomic mass is 10.1. The van der Waals surface area contributed by atoms with Crippen LogP contribution in [-0.2, 0) is 0 Å². The summed E-state index contributed by atoms with van der Waals surface area (Å²) in [5.74, 6) is 0.126. The molecule has 0 radical (unpaired) electrons. The maximum atomic E-state index is 12.3. The lowest BCUT2D eigenvalue weighted by Gasteiger charge is -2.09. The number of rotatable bonds is 5. The normalized spacial score (nSPS) is 10.2. The molecule has 0 aliphatic rings. The van der Waals surface area contributed by atoms with Gasteiger partial charge in [-0.25, -0.2) is 0 Å². The van der Waals surface area contributed by atoms with Crippen LogP contribution >= 0.6 is 23.2 Å². The summed E-state index contributed by atoms with van der Waals surface area (Å²) in [4.78, 5) is 24.6. The summed E-state index contributed by atoms with van der Waals surface area (Å²) in [6, 6.07) is 18.2. The second-order valence-corrected chi connectivity index (χ2v) is 6.66. The van der Waals surface area contributed by atoms with Gasteiger partial charge in [0, 0.05) is 22.5 Å². The van der Waals surface area contributed by atoms with Crippen molar-refractivity contribution in [2.75, 3.05) is 17.7 Å². The molecule has 0 fully saturated rings. The first kappa shape index (κ1) is 19.7. The van der Waals surface area contributed by atoms with Gasteiger partial charge in [-0.15, -0.1) is 0 Å². The van der Waals surface area contributed by atoms with E-state index < -0.39 is 0 Å². The molecule has 3 aromatic carbocycles. The van der Waals surface area contributed by atoms with E-state index in [0.29, 0.717) is 38.3 Å². The summed E-state index contributed by atoms with van der Waals surface area (Å²) >= 11 is 11.8. The summed E-state index contributed by atoms with van der Waals surface area (Å²) in [6.07, 6.45) is 0. The van der Waals surface area contributed by atoms with Crippen LogP contribution in [-0.4, -0.2) is 18.9 Å². The molecule has 0 aliphatic heterocycles. The molecule has 7 heteroatoms. The second-order valence-electron chi connectivity index (χ2n) is 5.84. The van der Waals surface area contributed by atoms with E-state index in [1.165, 1.54) is 6.07 Å². The third-order valence-electron chi connectivity index (χ3n) is 3.93. The van der Waals surface area contributed by atoms with E-state index in [0.717, 1.165) is 0 Å². The Morgan fingerprint density at radius 3 is 1.75 bits per heavy atom. The molecule has 0 aromatic heterocycles. The van der Waals surface area contributed by atoms with Gasteiger partial charge in [0.2, 0.25) is 0 Å². The van der Waals surface area contributed by atoms with Gasteiger partial charge >= 0.3 is 0 Å². The van der Waals surface area contributed by atoms with Crippen LogP contribution in [0, 0.1) is 0 Å². The second kappa shape index (κ2) is 8.78. The molecule has 2 amide bonds. The van der Waals surface area contributed by atoms with Crippen LogP contribution in [0.25, 0.3) is 0 Å². The van der Waals surface area contributed by atoms with Crippen LogP contribution in [0.3, 0.4) is 0 Å². The van der Waals surface area contributed by atoms with Crippen molar-refractivity contribution in [2.24, 2.45) is 0 Å². The highest BCUT2D eigenvalue weighted by Crippen LogP contribution is 2.23. The van der Waals surface area contributed by atoms with Crippen molar-refractivity contribution < 1.29 is 14.3 Å². The van der Waals surface area contributed by atoms with Gasteiger partial charge in [0.25, 0.3) is 11.8 Å². The van der Waals surface area contributed by atoms with Crippen LogP contribution in [0.1, 0.15) is 20.7 Å². The Balaban J connectivity index is 1.64. The van der Waals surface area contributed by atoms with Crippen molar-refractivity contribution in [1.82, 2.24) is 0 Å². The fraction of sp³-hybridized carbons (Fsp3) is 0.0476. The van der Waals surface area contributed by atoms with Crippen LogP contribution in [0.5, 0.6) is 5.75 Å². The zero-order valence-electron chi connectivity index (χ0n) is 14.8. The van der Waals surface area contributed by atoms with Crippen LogP contribution in [0.4, 0.5) is 11.4 Å². The highest BCUT2D eigenvalue weighted by atomic mass is 35.5. The maximum absolute atomic E-state index is 12.3. The highest BCUT2D eigenvalue weighted by molar-refractivity contribution is 6.42. The van der Waals surface area contributed by atoms with Crippen molar-refractivity contribution in [3.8, 4) is 5.75 Å². The van der Waals surface area contributed by atoms with E-state index in [1.54, 1.807) is 67.8 Å². The number of hydrogen-bond donors (Lipinski definition) is 2. The van der Waals surface area contributed by atoms with Gasteiger partial charge in [-0.1, -0.05) is 23.2 Å². The van der Waals surface area contributed by atoms with Gasteiger partial charge in [-0.05, 0) is 66.7 Å². The molecule has 0 spiro atoms. The van der Waals surface area contributed by atoms with Gasteiger partial charge in [-0.3, -0.25) is 9.59 Å². The average Bonchev–Trinajstić information content (AvgIpc) is 2.71. The van der Waals surface area contributed by atoms with Crippen LogP contribution in [0.15, 0.2) is 66.7 Å². The van der Waals surface area contributed by atoms with E-state index in [1.807, 2.05) is 0 Å². The summed E-state index contributed by atoms with van der Waals surface area (Å²) in [6.45, 7) is 0. The smallest absolute Gasteiger partial charge is 0.255 e. The molecule has 3 rings (SSSR count). The Morgan fingerprint density at radius 1 is 0.714 bits per heavy atom. The van der Waals surface area contributed by atoms with Crippen molar-refractivity contribution in [3.63, 3.8) is 0 Å². The third kappa shape index (κ3) is 4.82. The van der Waals surface area contributed by atoms with Crippen molar-refractivity contribution in [3.05, 3.63) is 87.9 Å². The molecule has 5 nitrogen and oxygen atoms in total. The number of hydrogen-bond acceptors (Lipinski definition) is 3. The minimum Gasteiger partial charge on any atom is -0.497 e. The quantitative estimate of drug-likeness (QED) is 0.578. The predicted molar refractivity (Wildman–Crippen MR) is 112 cm³/mol. The molecule has 3 aromatic rings. The molecule has 2 N–H and O–H groups in total. The molecule has 0 bridgehead atoms. The van der Waals surface area contributed by atoms with Gasteiger partial charge in [0.1, 0.15) is 5.75 Å². The van der Waals surface area contributed by atoms with Crippen molar-refractivity contribution in [1.29, 1.82) is 0 Å². The summed E-state index contributed by atoms with van der Waals surface area (Å²) < 4.78 is 5.09. The molecule has 142 valence electrons. The first-order valence-corrected chi connectivity index (χ1v) is 9.04. The fourth-order valence-corrected chi connectivity index (χ4v) is 2.72. The topological polar surface area (TPSA) is 67.4 Å². The van der Waals surface area contributed by atoms with Crippen molar-refractivity contribution >= 4 is 46.4 Å². The maximum Gasteiger partial charge on any atom is 0.255 e. The zero-order chi connectivity index (χ0) is 20.1. The van der Waals surface area contributed by atoms with Crippen LogP contribution < -0.4 is 15.4 Å². The van der Waals surface area contributed by atoms with E-state index in [2.05, 4.69) is 10.6 Å². The van der Waals surface area contributed by atoms with E-state index in [-0.39, 0.29) is 11.8 Å². The Morgan fingerprint density at radius 2 is 1.21 bits per heavy atom. The number of amides is 2. The fourth-order valence-electron chi connectivity index (χ4n) is 2.42. The summed E-state index contributed by atoms with van der Waals surface area (Å²) in [7, 11) is 1.58. The third-order valence-corrected chi connectivity index (χ3v) is 4.67. The molecular formula is C21H16Cl2N2O3. The average molecular weight is 415 g/mol. The Bertz CT molecular complexity index is 1000. The monoisotopic (exact) mass is 414 g/mol. The number of ether oxygens (including phenoxy) is 1. The number of carbonyl (C=O) groups is 2. The number of nitrogens with one attached hydrogen (secondary N) is 2. The zero-order valence-corrected chi connectivity index (χ0v) is 16.3. The number of anilines is 2. The minimum absolute atomic E-state index is 0.257. The Kier molecular flexibility index (Phi) is 6.19. The molecule has 28 heavy (non-hydrogen) atoms. The summed E-state index contributed by atoms with van der Waals surface area (Å²) in [5.41, 5.74) is 2.05. The van der Waals surface area contributed by atoms with Crippen LogP contribution in [0.2, 0.25) is 10.0 Å². The Labute approximate surface area is 172 Å². The molecule has 0 aliphatic carbocycles. The molecule has 0 atom stereocenters. The first-order valence-electron chi connectivity index (χ1n) is 8.28. The van der Waals surface area contributed by atoms with Gasteiger partial charge in [0.15, 0.2) is 0 Å². The van der Waals surface area contributed by atoms with Gasteiger partial charge < -0.3 is 15.4 Å². The van der Waals surface area contributed by atoms with E-state index in [4.69, 9.17) is 27.9 Å². The Hall–Kier alpha value is -3.02. The number of methoxy groups -OCH3 is 1. The van der Waals surface area contributed by atoms with Crippen molar-refractivity contribution in [2.45, 2.75) is 0 Å². The first-order chi connectivity index (χ1) is 13.5. The van der Waals surface area contributed by atoms with E-state index in [9.17, 15) is 9.59 Å². The van der Waals surface area contributed by atoms with E-state index >= 15 is 0 Å². The standard InChI is InChI=1S/C21H16Cl2N2O3/c1-28-17-9-7-16(8-10-17)24-20(26)13-2-5-15(6-3-13)25-21(27)14-4-11-18(22)19(23)12-14/h2-12H,1H3,(H,24,26)(H,25,27). The van der Waals surface area contributed by atoms with Gasteiger partial charge in [0.05, 0.1) is 17.2 Å². The predicted octanol–water partition coefficient (Wildman–Crippen LogP) is 5.51. The lowest BCUT2D eigenvalue weighted by molar-refractivity contribution is 0.102. The molecule has 0 unspecified atom stereocenters.